The Balaban J connectivity index is 2.48. The molecule has 1 aromatic rings. The fourth-order valence-electron chi connectivity index (χ4n) is 0.643. The van der Waals surface area contributed by atoms with Gasteiger partial charge in [0.05, 0.1) is 14.1 Å². The van der Waals surface area contributed by atoms with Gasteiger partial charge in [0, 0.05) is 11.6 Å². The molecule has 50 valence electrons. The lowest BCUT2D eigenvalue weighted by Gasteiger charge is -2.01. The van der Waals surface area contributed by atoms with Crippen molar-refractivity contribution in [3.05, 3.63) is 16.6 Å². The molecule has 0 atom stereocenters. The van der Waals surface area contributed by atoms with Crippen LogP contribution in [-0.2, 0) is 6.54 Å². The van der Waals surface area contributed by atoms with E-state index in [0.717, 1.165) is 6.54 Å². The normalized spacial score (nSPS) is 10.6. The highest BCUT2D eigenvalue weighted by molar-refractivity contribution is 7.09. The molecule has 1 rings (SSSR count). The van der Waals surface area contributed by atoms with Crippen molar-refractivity contribution in [1.29, 1.82) is 0 Å². The van der Waals surface area contributed by atoms with Crippen LogP contribution in [0.5, 0.6) is 0 Å². The van der Waals surface area contributed by atoms with Gasteiger partial charge in [-0.3, -0.25) is 0 Å². The highest BCUT2D eigenvalue weighted by atomic mass is 32.1. The first-order valence-electron chi connectivity index (χ1n) is 2.96. The van der Waals surface area contributed by atoms with Crippen LogP contribution in [0.25, 0.3) is 0 Å². The second-order valence-corrected chi connectivity index (χ2v) is 3.29. The lowest BCUT2D eigenvalue weighted by Crippen LogP contribution is -3.04. The van der Waals surface area contributed by atoms with Gasteiger partial charge in [0.2, 0.25) is 0 Å². The van der Waals surface area contributed by atoms with Crippen molar-refractivity contribution in [2.45, 2.75) is 6.54 Å². The minimum absolute atomic E-state index is 1.04. The average Bonchev–Trinajstić information content (AvgIpc) is 2.15. The number of nitrogens with one attached hydrogen (secondary N) is 1. The van der Waals surface area contributed by atoms with E-state index < -0.39 is 0 Å². The summed E-state index contributed by atoms with van der Waals surface area (Å²) in [4.78, 5) is 5.58. The Morgan fingerprint density at radius 2 is 2.44 bits per heavy atom. The number of rotatable bonds is 2. The molecule has 2 nitrogen and oxygen atoms in total. The van der Waals surface area contributed by atoms with Crippen molar-refractivity contribution < 1.29 is 4.90 Å². The third-order valence-electron chi connectivity index (χ3n) is 0.988. The van der Waals surface area contributed by atoms with Crippen molar-refractivity contribution in [3.63, 3.8) is 0 Å². The fraction of sp³-hybridized carbons (Fsp3) is 0.500. The Kier molecular flexibility index (Phi) is 2.19. The van der Waals surface area contributed by atoms with Crippen LogP contribution in [0.4, 0.5) is 0 Å². The van der Waals surface area contributed by atoms with E-state index in [-0.39, 0.29) is 0 Å². The minimum atomic E-state index is 1.04. The number of aromatic nitrogens is 1. The van der Waals surface area contributed by atoms with Crippen molar-refractivity contribution >= 4 is 11.3 Å². The summed E-state index contributed by atoms with van der Waals surface area (Å²) >= 11 is 1.72. The molecule has 0 bridgehead atoms. The van der Waals surface area contributed by atoms with Crippen LogP contribution in [0, 0.1) is 0 Å². The van der Waals surface area contributed by atoms with Gasteiger partial charge < -0.3 is 4.90 Å². The van der Waals surface area contributed by atoms with E-state index in [1.165, 1.54) is 9.91 Å². The number of hydrogen-bond acceptors (Lipinski definition) is 2. The van der Waals surface area contributed by atoms with Gasteiger partial charge in [-0.15, -0.1) is 11.3 Å². The predicted molar refractivity (Wildman–Crippen MR) is 38.6 cm³/mol. The summed E-state index contributed by atoms with van der Waals surface area (Å²) in [5.41, 5.74) is 0. The summed E-state index contributed by atoms with van der Waals surface area (Å²) in [6.07, 6.45) is 1.85. The molecule has 0 aliphatic rings. The van der Waals surface area contributed by atoms with Crippen molar-refractivity contribution in [1.82, 2.24) is 4.98 Å². The molecule has 0 aromatic carbocycles. The van der Waals surface area contributed by atoms with Crippen LogP contribution in [0.3, 0.4) is 0 Å². The highest BCUT2D eigenvalue weighted by Gasteiger charge is 1.97. The standard InChI is InChI=1S/C6H10N2S/c1-8(2)5-6-7-3-4-9-6/h3-4H,5H2,1-2H3/p+1. The molecule has 1 N–H and O–H groups in total. The first-order chi connectivity index (χ1) is 4.29. The van der Waals surface area contributed by atoms with Crippen LogP contribution in [0.2, 0.25) is 0 Å². The Morgan fingerprint density at radius 1 is 1.67 bits per heavy atom. The van der Waals surface area contributed by atoms with Gasteiger partial charge >= 0.3 is 0 Å². The highest BCUT2D eigenvalue weighted by Crippen LogP contribution is 2.00. The molecule has 3 heteroatoms. The number of quaternary nitrogens is 1. The molecule has 0 fully saturated rings. The molecule has 0 unspecified atom stereocenters. The van der Waals surface area contributed by atoms with Gasteiger partial charge in [0.25, 0.3) is 0 Å². The molecule has 0 aliphatic heterocycles. The van der Waals surface area contributed by atoms with Crippen LogP contribution in [0.15, 0.2) is 11.6 Å². The van der Waals surface area contributed by atoms with Gasteiger partial charge in [-0.25, -0.2) is 4.98 Å². The van der Waals surface area contributed by atoms with Crippen LogP contribution >= 0.6 is 11.3 Å². The quantitative estimate of drug-likeness (QED) is 0.606. The first-order valence-corrected chi connectivity index (χ1v) is 3.84. The topological polar surface area (TPSA) is 17.3 Å². The van der Waals surface area contributed by atoms with Crippen LogP contribution in [0.1, 0.15) is 5.01 Å². The monoisotopic (exact) mass is 143 g/mol. The second kappa shape index (κ2) is 2.94. The van der Waals surface area contributed by atoms with Gasteiger partial charge in [-0.2, -0.15) is 0 Å². The molecule has 0 saturated heterocycles. The lowest BCUT2D eigenvalue weighted by molar-refractivity contribution is -0.872. The number of thiazole rings is 1. The SMILES string of the molecule is C[NH+](C)Cc1nccs1. The Labute approximate surface area is 59.1 Å². The maximum atomic E-state index is 4.15. The summed E-state index contributed by atoms with van der Waals surface area (Å²) in [5.74, 6) is 0. The zero-order valence-electron chi connectivity index (χ0n) is 5.72. The van der Waals surface area contributed by atoms with E-state index >= 15 is 0 Å². The number of hydrogen-bond donors (Lipinski definition) is 1. The second-order valence-electron chi connectivity index (χ2n) is 2.31. The Bertz CT molecular complexity index is 158. The molecule has 1 heterocycles. The van der Waals surface area contributed by atoms with Gasteiger partial charge in [0.15, 0.2) is 0 Å². The summed E-state index contributed by atoms with van der Waals surface area (Å²) in [5, 5.41) is 3.23. The zero-order valence-corrected chi connectivity index (χ0v) is 6.53. The molecule has 1 aromatic heterocycles. The fourth-order valence-corrected chi connectivity index (χ4v) is 1.42. The number of nitrogens with zero attached hydrogens (tertiary/aromatic N) is 1. The third kappa shape index (κ3) is 2.11. The van der Waals surface area contributed by atoms with Gasteiger partial charge in [0.1, 0.15) is 11.6 Å². The largest absolute Gasteiger partial charge is 0.334 e. The van der Waals surface area contributed by atoms with Crippen LogP contribution < -0.4 is 4.90 Å². The third-order valence-corrected chi connectivity index (χ3v) is 1.77. The molecule has 0 saturated carbocycles. The van der Waals surface area contributed by atoms with Gasteiger partial charge in [-0.05, 0) is 0 Å². The molecule has 0 amide bonds. The zero-order chi connectivity index (χ0) is 6.69. The van der Waals surface area contributed by atoms with Crippen LogP contribution in [-0.4, -0.2) is 19.1 Å². The smallest absolute Gasteiger partial charge is 0.147 e. The van der Waals surface area contributed by atoms with E-state index in [2.05, 4.69) is 19.1 Å². The Morgan fingerprint density at radius 3 is 2.89 bits per heavy atom. The maximum absolute atomic E-state index is 4.15. The van der Waals surface area contributed by atoms with E-state index in [0.29, 0.717) is 0 Å². The molecule has 0 radical (unpaired) electrons. The van der Waals surface area contributed by atoms with E-state index in [1.54, 1.807) is 11.3 Å². The van der Waals surface area contributed by atoms with Gasteiger partial charge in [-0.1, -0.05) is 0 Å². The maximum Gasteiger partial charge on any atom is 0.147 e. The summed E-state index contributed by atoms with van der Waals surface area (Å²) in [6, 6.07) is 0. The van der Waals surface area contributed by atoms with E-state index in [1.807, 2.05) is 11.6 Å². The summed E-state index contributed by atoms with van der Waals surface area (Å²) < 4.78 is 0. The first kappa shape index (κ1) is 6.71. The lowest BCUT2D eigenvalue weighted by atomic mass is 10.6. The van der Waals surface area contributed by atoms with Crippen molar-refractivity contribution in [3.8, 4) is 0 Å². The van der Waals surface area contributed by atoms with Crippen molar-refractivity contribution in [2.24, 2.45) is 0 Å². The van der Waals surface area contributed by atoms with E-state index in [9.17, 15) is 0 Å². The summed E-state index contributed by atoms with van der Waals surface area (Å²) in [7, 11) is 4.25. The predicted octanol–water partition coefficient (Wildman–Crippen LogP) is -0.212. The minimum Gasteiger partial charge on any atom is -0.334 e. The summed E-state index contributed by atoms with van der Waals surface area (Å²) in [6.45, 7) is 1.04. The molecular formula is C6H11N2S+. The Hall–Kier alpha value is -0.410. The van der Waals surface area contributed by atoms with Crippen molar-refractivity contribution in [2.75, 3.05) is 14.1 Å². The molecule has 0 aliphatic carbocycles. The molecule has 9 heavy (non-hydrogen) atoms. The van der Waals surface area contributed by atoms with E-state index in [4.69, 9.17) is 0 Å². The average molecular weight is 143 g/mol. The molecular weight excluding hydrogens is 132 g/mol. The molecule has 0 spiro atoms.